The molecule has 3 nitrogen and oxygen atoms in total. The van der Waals surface area contributed by atoms with Crippen LogP contribution < -0.4 is 5.32 Å². The molecule has 0 unspecified atom stereocenters. The number of nitrogens with one attached hydrogen (secondary N) is 1. The summed E-state index contributed by atoms with van der Waals surface area (Å²) in [5.41, 5.74) is 2.23. The molecule has 0 bridgehead atoms. The van der Waals surface area contributed by atoms with E-state index in [0.29, 0.717) is 16.0 Å². The van der Waals surface area contributed by atoms with Gasteiger partial charge in [0.1, 0.15) is 0 Å². The molecule has 1 fully saturated rings. The van der Waals surface area contributed by atoms with Gasteiger partial charge < -0.3 is 10.2 Å². The van der Waals surface area contributed by atoms with E-state index >= 15 is 0 Å². The summed E-state index contributed by atoms with van der Waals surface area (Å²) in [7, 11) is 0. The smallest absolute Gasteiger partial charge is 0.227 e. The van der Waals surface area contributed by atoms with E-state index in [9.17, 15) is 4.79 Å². The number of hydrogen-bond donors (Lipinski definition) is 1. The first kappa shape index (κ1) is 16.1. The second-order valence-electron chi connectivity index (χ2n) is 6.49. The van der Waals surface area contributed by atoms with Crippen LogP contribution in [0.3, 0.4) is 0 Å². The predicted octanol–water partition coefficient (Wildman–Crippen LogP) is 3.68. The Morgan fingerprint density at radius 3 is 2.82 bits per heavy atom. The normalized spacial score (nSPS) is 28.4. The van der Waals surface area contributed by atoms with Crippen molar-refractivity contribution >= 4 is 29.1 Å². The van der Waals surface area contributed by atoms with Gasteiger partial charge in [-0.05, 0) is 55.5 Å². The van der Waals surface area contributed by atoms with Crippen LogP contribution in [0, 0.1) is 11.8 Å². The number of rotatable bonds is 1. The Bertz CT molecular complexity index is 590. The summed E-state index contributed by atoms with van der Waals surface area (Å²) in [6.45, 7) is 6.78. The minimum atomic E-state index is 0.00939. The largest absolute Gasteiger partial charge is 0.335 e. The van der Waals surface area contributed by atoms with Crippen molar-refractivity contribution in [3.8, 4) is 0 Å². The zero-order valence-corrected chi connectivity index (χ0v) is 14.5. The standard InChI is InChI=1S/C17H22Cl2N2O/c1-10-3-5-20-9-14(10)17(22)21-6-4-12-7-13(18)8-15(19)16(12)11(21)2/h7-8,10-11,14,20H,3-6,9H2,1-2H3/t10-,11-,14-/m0/s1. The number of nitrogens with zero attached hydrogens (tertiary/aromatic N) is 1. The van der Waals surface area contributed by atoms with Crippen molar-refractivity contribution in [2.45, 2.75) is 32.7 Å². The molecule has 1 saturated heterocycles. The molecule has 0 aliphatic carbocycles. The molecular formula is C17H22Cl2N2O. The van der Waals surface area contributed by atoms with Crippen LogP contribution in [0.1, 0.15) is 37.4 Å². The Labute approximate surface area is 142 Å². The molecule has 2 heterocycles. The molecular weight excluding hydrogens is 319 g/mol. The molecule has 2 aliphatic heterocycles. The SMILES string of the molecule is C[C@H]1CCNC[C@@H]1C(=O)N1CCc2cc(Cl)cc(Cl)c2[C@@H]1C. The van der Waals surface area contributed by atoms with Crippen LogP contribution in [0.2, 0.25) is 10.0 Å². The molecule has 1 aromatic rings. The van der Waals surface area contributed by atoms with Gasteiger partial charge >= 0.3 is 0 Å². The molecule has 1 N–H and O–H groups in total. The molecule has 1 amide bonds. The van der Waals surface area contributed by atoms with E-state index < -0.39 is 0 Å². The summed E-state index contributed by atoms with van der Waals surface area (Å²) < 4.78 is 0. The van der Waals surface area contributed by atoms with Crippen molar-refractivity contribution < 1.29 is 4.79 Å². The first-order valence-corrected chi connectivity index (χ1v) is 8.73. The summed E-state index contributed by atoms with van der Waals surface area (Å²) in [4.78, 5) is 15.0. The molecule has 3 atom stereocenters. The fourth-order valence-electron chi connectivity index (χ4n) is 3.74. The fourth-order valence-corrected chi connectivity index (χ4v) is 4.43. The molecule has 0 saturated carbocycles. The van der Waals surface area contributed by atoms with Gasteiger partial charge in [0, 0.05) is 23.1 Å². The van der Waals surface area contributed by atoms with Gasteiger partial charge in [-0.2, -0.15) is 0 Å². The van der Waals surface area contributed by atoms with Gasteiger partial charge in [0.15, 0.2) is 0 Å². The number of carbonyl (C=O) groups is 1. The molecule has 2 aliphatic rings. The quantitative estimate of drug-likeness (QED) is 0.845. The molecule has 3 rings (SSSR count). The Hall–Kier alpha value is -0.770. The first-order valence-electron chi connectivity index (χ1n) is 7.98. The number of piperidine rings is 1. The summed E-state index contributed by atoms with van der Waals surface area (Å²) in [5, 5.41) is 4.68. The lowest BCUT2D eigenvalue weighted by molar-refractivity contribution is -0.140. The summed E-state index contributed by atoms with van der Waals surface area (Å²) >= 11 is 12.5. The minimum Gasteiger partial charge on any atom is -0.335 e. The van der Waals surface area contributed by atoms with Gasteiger partial charge in [-0.1, -0.05) is 30.1 Å². The van der Waals surface area contributed by atoms with Gasteiger partial charge in [-0.15, -0.1) is 0 Å². The summed E-state index contributed by atoms with van der Waals surface area (Å²) in [6, 6.07) is 3.76. The Morgan fingerprint density at radius 2 is 2.09 bits per heavy atom. The van der Waals surface area contributed by atoms with E-state index in [0.717, 1.165) is 38.0 Å². The highest BCUT2D eigenvalue weighted by Crippen LogP contribution is 2.38. The lowest BCUT2D eigenvalue weighted by Gasteiger charge is -2.40. The van der Waals surface area contributed by atoms with Gasteiger partial charge in [0.05, 0.1) is 12.0 Å². The van der Waals surface area contributed by atoms with E-state index in [1.54, 1.807) is 6.07 Å². The van der Waals surface area contributed by atoms with Crippen molar-refractivity contribution in [1.29, 1.82) is 0 Å². The van der Waals surface area contributed by atoms with Crippen LogP contribution in [-0.4, -0.2) is 30.4 Å². The van der Waals surface area contributed by atoms with Crippen LogP contribution in [0.25, 0.3) is 0 Å². The summed E-state index contributed by atoms with van der Waals surface area (Å²) in [6.07, 6.45) is 1.88. The first-order chi connectivity index (χ1) is 10.5. The topological polar surface area (TPSA) is 32.3 Å². The maximum Gasteiger partial charge on any atom is 0.227 e. The van der Waals surface area contributed by atoms with E-state index in [-0.39, 0.29) is 17.9 Å². The Balaban J connectivity index is 1.86. The number of hydrogen-bond acceptors (Lipinski definition) is 2. The third-order valence-electron chi connectivity index (χ3n) is 5.12. The minimum absolute atomic E-state index is 0.00939. The number of amides is 1. The monoisotopic (exact) mass is 340 g/mol. The zero-order valence-electron chi connectivity index (χ0n) is 13.0. The van der Waals surface area contributed by atoms with Crippen LogP contribution in [0.5, 0.6) is 0 Å². The van der Waals surface area contributed by atoms with Gasteiger partial charge in [-0.3, -0.25) is 4.79 Å². The van der Waals surface area contributed by atoms with Gasteiger partial charge in [-0.25, -0.2) is 0 Å². The second-order valence-corrected chi connectivity index (χ2v) is 7.34. The van der Waals surface area contributed by atoms with Crippen molar-refractivity contribution in [1.82, 2.24) is 10.2 Å². The van der Waals surface area contributed by atoms with Crippen molar-refractivity contribution in [2.24, 2.45) is 11.8 Å². The number of halogens is 2. The van der Waals surface area contributed by atoms with Crippen molar-refractivity contribution in [2.75, 3.05) is 19.6 Å². The molecule has 5 heteroatoms. The third kappa shape index (κ3) is 2.86. The number of carbonyl (C=O) groups excluding carboxylic acids is 1. The lowest BCUT2D eigenvalue weighted by atomic mass is 9.85. The van der Waals surface area contributed by atoms with E-state index in [4.69, 9.17) is 23.2 Å². The fraction of sp³-hybridized carbons (Fsp3) is 0.588. The average molecular weight is 341 g/mol. The second kappa shape index (κ2) is 6.38. The van der Waals surface area contributed by atoms with E-state index in [1.165, 1.54) is 5.56 Å². The molecule has 1 aromatic carbocycles. The van der Waals surface area contributed by atoms with Crippen molar-refractivity contribution in [3.63, 3.8) is 0 Å². The highest BCUT2D eigenvalue weighted by atomic mass is 35.5. The Morgan fingerprint density at radius 1 is 1.32 bits per heavy atom. The number of benzene rings is 1. The molecule has 120 valence electrons. The molecule has 0 aromatic heterocycles. The van der Waals surface area contributed by atoms with Crippen LogP contribution >= 0.6 is 23.2 Å². The zero-order chi connectivity index (χ0) is 15.9. The Kier molecular flexibility index (Phi) is 4.67. The van der Waals surface area contributed by atoms with E-state index in [1.807, 2.05) is 11.0 Å². The molecule has 0 spiro atoms. The maximum atomic E-state index is 13.0. The highest BCUT2D eigenvalue weighted by Gasteiger charge is 2.36. The van der Waals surface area contributed by atoms with Crippen LogP contribution in [-0.2, 0) is 11.2 Å². The van der Waals surface area contributed by atoms with E-state index in [2.05, 4.69) is 19.2 Å². The predicted molar refractivity (Wildman–Crippen MR) is 90.4 cm³/mol. The lowest BCUT2D eigenvalue weighted by Crippen LogP contribution is -2.49. The van der Waals surface area contributed by atoms with Gasteiger partial charge in [0.2, 0.25) is 5.91 Å². The third-order valence-corrected chi connectivity index (χ3v) is 5.65. The molecule has 22 heavy (non-hydrogen) atoms. The van der Waals surface area contributed by atoms with Crippen LogP contribution in [0.4, 0.5) is 0 Å². The van der Waals surface area contributed by atoms with Gasteiger partial charge in [0.25, 0.3) is 0 Å². The van der Waals surface area contributed by atoms with Crippen LogP contribution in [0.15, 0.2) is 12.1 Å². The van der Waals surface area contributed by atoms with Crippen molar-refractivity contribution in [3.05, 3.63) is 33.3 Å². The number of fused-ring (bicyclic) bond motifs is 1. The molecule has 0 radical (unpaired) electrons. The average Bonchev–Trinajstić information content (AvgIpc) is 2.46. The highest BCUT2D eigenvalue weighted by molar-refractivity contribution is 6.35. The summed E-state index contributed by atoms with van der Waals surface area (Å²) in [5.74, 6) is 0.760. The maximum absolute atomic E-state index is 13.0.